The summed E-state index contributed by atoms with van der Waals surface area (Å²) >= 11 is 0. The highest BCUT2D eigenvalue weighted by molar-refractivity contribution is 4.92. The van der Waals surface area contributed by atoms with Crippen LogP contribution in [0.3, 0.4) is 0 Å². The summed E-state index contributed by atoms with van der Waals surface area (Å²) in [5.41, 5.74) is 0. The van der Waals surface area contributed by atoms with E-state index >= 15 is 0 Å². The summed E-state index contributed by atoms with van der Waals surface area (Å²) in [4.78, 5) is 6.21. The van der Waals surface area contributed by atoms with Crippen molar-refractivity contribution in [2.45, 2.75) is 32.0 Å². The molecule has 0 bridgehead atoms. The van der Waals surface area contributed by atoms with Crippen LogP contribution < -0.4 is 5.32 Å². The number of hydrogen-bond donors (Lipinski definition) is 1. The molecule has 1 aliphatic rings. The van der Waals surface area contributed by atoms with E-state index in [1.807, 2.05) is 0 Å². The van der Waals surface area contributed by atoms with E-state index in [9.17, 15) is 8.78 Å². The van der Waals surface area contributed by atoms with Crippen molar-refractivity contribution in [3.63, 3.8) is 0 Å². The van der Waals surface area contributed by atoms with E-state index in [1.54, 1.807) is 0 Å². The summed E-state index contributed by atoms with van der Waals surface area (Å²) in [7, 11) is 2.10. The molecule has 0 amide bonds. The van der Waals surface area contributed by atoms with Gasteiger partial charge in [0.05, 0.1) is 6.54 Å². The Morgan fingerprint density at radius 1 is 1.59 bits per heavy atom. The van der Waals surface area contributed by atoms with Crippen molar-refractivity contribution in [1.29, 1.82) is 0 Å². The van der Waals surface area contributed by atoms with Crippen LogP contribution in [0.2, 0.25) is 0 Å². The van der Waals surface area contributed by atoms with Gasteiger partial charge in [0.25, 0.3) is 0 Å². The minimum Gasteiger partial charge on any atom is -0.309 e. The molecular formula is C11H18F2N4. The number of nitrogens with zero attached hydrogens (tertiary/aromatic N) is 3. The third kappa shape index (κ3) is 3.47. The number of hydrogen-bond acceptors (Lipinski definition) is 3. The van der Waals surface area contributed by atoms with E-state index in [0.29, 0.717) is 12.4 Å². The van der Waals surface area contributed by atoms with Crippen LogP contribution in [0.4, 0.5) is 8.78 Å². The summed E-state index contributed by atoms with van der Waals surface area (Å²) < 4.78 is 25.9. The molecule has 0 unspecified atom stereocenters. The lowest BCUT2D eigenvalue weighted by Gasteiger charge is -2.15. The zero-order chi connectivity index (χ0) is 12.3. The summed E-state index contributed by atoms with van der Waals surface area (Å²) in [5.74, 6) is 0.383. The maximum Gasteiger partial charge on any atom is 0.319 e. The zero-order valence-corrected chi connectivity index (χ0v) is 9.94. The molecule has 2 rings (SSSR count). The Labute approximate surface area is 99.6 Å². The van der Waals surface area contributed by atoms with E-state index in [2.05, 4.69) is 22.2 Å². The van der Waals surface area contributed by atoms with Gasteiger partial charge in [-0.1, -0.05) is 0 Å². The molecule has 0 atom stereocenters. The molecule has 0 spiro atoms. The van der Waals surface area contributed by atoms with Gasteiger partial charge in [0, 0.05) is 31.5 Å². The van der Waals surface area contributed by atoms with Crippen LogP contribution in [0.25, 0.3) is 0 Å². The SMILES string of the molecule is CN(CCNCc1nccn1C(F)F)C1CC1. The molecule has 4 nitrogen and oxygen atoms in total. The van der Waals surface area contributed by atoms with Crippen LogP contribution in [-0.4, -0.2) is 40.6 Å². The molecule has 1 aliphatic carbocycles. The minimum absolute atomic E-state index is 0.383. The van der Waals surface area contributed by atoms with E-state index in [-0.39, 0.29) is 0 Å². The fourth-order valence-electron chi connectivity index (χ4n) is 1.81. The molecule has 1 heterocycles. The fourth-order valence-corrected chi connectivity index (χ4v) is 1.81. The van der Waals surface area contributed by atoms with Crippen molar-refractivity contribution in [1.82, 2.24) is 19.8 Å². The number of aromatic nitrogens is 2. The highest BCUT2D eigenvalue weighted by Gasteiger charge is 2.25. The van der Waals surface area contributed by atoms with Crippen molar-refractivity contribution < 1.29 is 8.78 Å². The van der Waals surface area contributed by atoms with Crippen molar-refractivity contribution in [3.8, 4) is 0 Å². The van der Waals surface area contributed by atoms with Gasteiger partial charge in [-0.15, -0.1) is 0 Å². The molecule has 17 heavy (non-hydrogen) atoms. The molecule has 0 aromatic carbocycles. The van der Waals surface area contributed by atoms with Gasteiger partial charge < -0.3 is 10.2 Å². The van der Waals surface area contributed by atoms with Gasteiger partial charge in [-0.2, -0.15) is 8.78 Å². The third-order valence-corrected chi connectivity index (χ3v) is 3.05. The summed E-state index contributed by atoms with van der Waals surface area (Å²) in [6.07, 6.45) is 5.27. The molecular weight excluding hydrogens is 226 g/mol. The van der Waals surface area contributed by atoms with Crippen molar-refractivity contribution in [3.05, 3.63) is 18.2 Å². The number of rotatable bonds is 7. The number of nitrogens with one attached hydrogen (secondary N) is 1. The third-order valence-electron chi connectivity index (χ3n) is 3.05. The Kier molecular flexibility index (Phi) is 4.06. The topological polar surface area (TPSA) is 33.1 Å². The van der Waals surface area contributed by atoms with Gasteiger partial charge in [-0.3, -0.25) is 4.57 Å². The minimum atomic E-state index is -2.51. The molecule has 1 fully saturated rings. The van der Waals surface area contributed by atoms with Crippen LogP contribution in [-0.2, 0) is 6.54 Å². The van der Waals surface area contributed by atoms with Gasteiger partial charge in [-0.25, -0.2) is 4.98 Å². The number of alkyl halides is 2. The smallest absolute Gasteiger partial charge is 0.309 e. The average Bonchev–Trinajstić information content (AvgIpc) is 3.03. The van der Waals surface area contributed by atoms with Crippen LogP contribution in [0.5, 0.6) is 0 Å². The molecule has 0 saturated heterocycles. The second kappa shape index (κ2) is 5.55. The first kappa shape index (κ1) is 12.4. The maximum atomic E-state index is 12.5. The van der Waals surface area contributed by atoms with Crippen molar-refractivity contribution in [2.75, 3.05) is 20.1 Å². The van der Waals surface area contributed by atoms with Crippen LogP contribution >= 0.6 is 0 Å². The van der Waals surface area contributed by atoms with E-state index in [0.717, 1.165) is 23.7 Å². The van der Waals surface area contributed by atoms with Crippen LogP contribution in [0.15, 0.2) is 12.4 Å². The lowest BCUT2D eigenvalue weighted by molar-refractivity contribution is 0.0666. The maximum absolute atomic E-state index is 12.5. The van der Waals surface area contributed by atoms with Crippen LogP contribution in [0, 0.1) is 0 Å². The number of likely N-dealkylation sites (N-methyl/N-ethyl adjacent to an activating group) is 1. The monoisotopic (exact) mass is 244 g/mol. The first-order valence-corrected chi connectivity index (χ1v) is 5.89. The van der Waals surface area contributed by atoms with Gasteiger partial charge in [0.2, 0.25) is 0 Å². The molecule has 0 aliphatic heterocycles. The Morgan fingerprint density at radius 2 is 2.35 bits per heavy atom. The normalized spacial score (nSPS) is 16.1. The summed E-state index contributed by atoms with van der Waals surface area (Å²) in [5, 5.41) is 3.14. The lowest BCUT2D eigenvalue weighted by atomic mass is 10.5. The quantitative estimate of drug-likeness (QED) is 0.737. The fraction of sp³-hybridized carbons (Fsp3) is 0.727. The van der Waals surface area contributed by atoms with Crippen molar-refractivity contribution in [2.24, 2.45) is 0 Å². The predicted octanol–water partition coefficient (Wildman–Crippen LogP) is 1.46. The van der Waals surface area contributed by atoms with Crippen LogP contribution in [0.1, 0.15) is 25.2 Å². The first-order chi connectivity index (χ1) is 8.18. The molecule has 96 valence electrons. The van der Waals surface area contributed by atoms with E-state index in [1.165, 1.54) is 25.2 Å². The molecule has 6 heteroatoms. The lowest BCUT2D eigenvalue weighted by Crippen LogP contribution is -2.31. The molecule has 1 N–H and O–H groups in total. The van der Waals surface area contributed by atoms with E-state index in [4.69, 9.17) is 0 Å². The highest BCUT2D eigenvalue weighted by Crippen LogP contribution is 2.24. The molecule has 0 radical (unpaired) electrons. The second-order valence-electron chi connectivity index (χ2n) is 4.42. The summed E-state index contributed by atoms with van der Waals surface area (Å²) in [6.45, 7) is -0.387. The molecule has 1 aromatic heterocycles. The van der Waals surface area contributed by atoms with Crippen molar-refractivity contribution >= 4 is 0 Å². The van der Waals surface area contributed by atoms with Gasteiger partial charge in [-0.05, 0) is 19.9 Å². The standard InChI is InChI=1S/C11H18F2N4/c1-16(9-2-3-9)6-4-14-8-10-15-5-7-17(10)11(12)13/h5,7,9,11,14H,2-4,6,8H2,1H3. The second-order valence-corrected chi connectivity index (χ2v) is 4.42. The molecule has 1 saturated carbocycles. The Hall–Kier alpha value is -1.01. The van der Waals surface area contributed by atoms with Gasteiger partial charge >= 0.3 is 6.55 Å². The summed E-state index contributed by atoms with van der Waals surface area (Å²) in [6, 6.07) is 0.736. The Morgan fingerprint density at radius 3 is 3.00 bits per heavy atom. The van der Waals surface area contributed by atoms with Gasteiger partial charge in [0.15, 0.2) is 0 Å². The predicted molar refractivity (Wildman–Crippen MR) is 60.8 cm³/mol. The number of halogens is 2. The Balaban J connectivity index is 1.68. The zero-order valence-electron chi connectivity index (χ0n) is 9.94. The highest BCUT2D eigenvalue weighted by atomic mass is 19.3. The largest absolute Gasteiger partial charge is 0.319 e. The van der Waals surface area contributed by atoms with E-state index < -0.39 is 6.55 Å². The number of imidazole rings is 1. The average molecular weight is 244 g/mol. The first-order valence-electron chi connectivity index (χ1n) is 5.89. The molecule has 1 aromatic rings. The van der Waals surface area contributed by atoms with Gasteiger partial charge in [0.1, 0.15) is 5.82 Å². The Bertz CT molecular complexity index is 349.